The molecule has 2 aromatic carbocycles. The van der Waals surface area contributed by atoms with Crippen molar-refractivity contribution in [1.82, 2.24) is 0 Å². The van der Waals surface area contributed by atoms with E-state index in [9.17, 15) is 14.4 Å². The molecule has 0 radical (unpaired) electrons. The van der Waals surface area contributed by atoms with E-state index >= 15 is 0 Å². The Labute approximate surface area is 127 Å². The van der Waals surface area contributed by atoms with Crippen LogP contribution in [0, 0.1) is 0 Å². The van der Waals surface area contributed by atoms with Gasteiger partial charge in [-0.1, -0.05) is 24.3 Å². The van der Waals surface area contributed by atoms with E-state index in [1.165, 1.54) is 6.92 Å². The zero-order chi connectivity index (χ0) is 15.9. The van der Waals surface area contributed by atoms with Crippen LogP contribution in [0.3, 0.4) is 0 Å². The molecule has 112 valence electrons. The fraction of sp³-hybridized carbons (Fsp3) is 0.0625. The van der Waals surface area contributed by atoms with Gasteiger partial charge in [0.2, 0.25) is 5.91 Å². The molecule has 0 atom stereocenters. The number of amides is 3. The number of anilines is 3. The summed E-state index contributed by atoms with van der Waals surface area (Å²) in [5.74, 6) is -1.77. The van der Waals surface area contributed by atoms with Crippen molar-refractivity contribution in [3.05, 3.63) is 54.6 Å². The first-order chi connectivity index (χ1) is 10.5. The minimum absolute atomic E-state index is 0.217. The zero-order valence-electron chi connectivity index (χ0n) is 11.9. The van der Waals surface area contributed by atoms with Crippen LogP contribution in [0.5, 0.6) is 0 Å². The van der Waals surface area contributed by atoms with Gasteiger partial charge in [0.25, 0.3) is 0 Å². The Morgan fingerprint density at radius 3 is 1.77 bits per heavy atom. The predicted octanol–water partition coefficient (Wildman–Crippen LogP) is 2.22. The Morgan fingerprint density at radius 1 is 0.682 bits per heavy atom. The number of nitrogens with one attached hydrogen (secondary N) is 3. The summed E-state index contributed by atoms with van der Waals surface area (Å²) in [4.78, 5) is 34.6. The van der Waals surface area contributed by atoms with Crippen LogP contribution in [-0.2, 0) is 14.4 Å². The van der Waals surface area contributed by atoms with E-state index in [0.717, 1.165) is 0 Å². The number of carbonyl (C=O) groups excluding carboxylic acids is 3. The first-order valence-corrected chi connectivity index (χ1v) is 6.59. The summed E-state index contributed by atoms with van der Waals surface area (Å²) in [7, 11) is 0. The molecule has 0 saturated carbocycles. The van der Waals surface area contributed by atoms with E-state index < -0.39 is 11.8 Å². The average Bonchev–Trinajstić information content (AvgIpc) is 2.48. The molecule has 0 heterocycles. The molecule has 0 bridgehead atoms. The fourth-order valence-corrected chi connectivity index (χ4v) is 1.78. The molecule has 3 N–H and O–H groups in total. The average molecular weight is 297 g/mol. The number of carbonyl (C=O) groups is 3. The molecule has 0 aromatic heterocycles. The zero-order valence-corrected chi connectivity index (χ0v) is 11.9. The van der Waals surface area contributed by atoms with Gasteiger partial charge >= 0.3 is 11.8 Å². The molecule has 2 aromatic rings. The van der Waals surface area contributed by atoms with E-state index in [1.54, 1.807) is 48.5 Å². The standard InChI is InChI=1S/C16H15N3O3/c1-11(20)17-13-8-5-9-14(10-13)19-16(22)15(21)18-12-6-3-2-4-7-12/h2-10H,1H3,(H,17,20)(H,18,21)(H,19,22). The minimum atomic E-state index is -0.788. The molecule has 0 aliphatic heterocycles. The van der Waals surface area contributed by atoms with Crippen molar-refractivity contribution in [3.63, 3.8) is 0 Å². The van der Waals surface area contributed by atoms with Crippen molar-refractivity contribution in [2.75, 3.05) is 16.0 Å². The van der Waals surface area contributed by atoms with Crippen LogP contribution < -0.4 is 16.0 Å². The third kappa shape index (κ3) is 4.45. The predicted molar refractivity (Wildman–Crippen MR) is 84.4 cm³/mol. The minimum Gasteiger partial charge on any atom is -0.326 e. The highest BCUT2D eigenvalue weighted by molar-refractivity contribution is 6.43. The number of benzene rings is 2. The smallest absolute Gasteiger partial charge is 0.314 e. The van der Waals surface area contributed by atoms with Gasteiger partial charge in [0.1, 0.15) is 0 Å². The summed E-state index contributed by atoms with van der Waals surface area (Å²) in [6.45, 7) is 1.39. The molecule has 0 fully saturated rings. The fourth-order valence-electron chi connectivity index (χ4n) is 1.78. The Morgan fingerprint density at radius 2 is 1.18 bits per heavy atom. The number of rotatable bonds is 3. The summed E-state index contributed by atoms with van der Waals surface area (Å²) >= 11 is 0. The van der Waals surface area contributed by atoms with E-state index in [-0.39, 0.29) is 5.91 Å². The normalized spacial score (nSPS) is 9.68. The molecule has 22 heavy (non-hydrogen) atoms. The molecular formula is C16H15N3O3. The van der Waals surface area contributed by atoms with Gasteiger partial charge in [-0.2, -0.15) is 0 Å². The third-order valence-corrected chi connectivity index (χ3v) is 2.68. The third-order valence-electron chi connectivity index (χ3n) is 2.68. The van der Waals surface area contributed by atoms with Gasteiger partial charge in [0.15, 0.2) is 0 Å². The molecule has 0 unspecified atom stereocenters. The van der Waals surface area contributed by atoms with Gasteiger partial charge < -0.3 is 16.0 Å². The van der Waals surface area contributed by atoms with Crippen molar-refractivity contribution >= 4 is 34.8 Å². The summed E-state index contributed by atoms with van der Waals surface area (Å²) in [5, 5.41) is 7.56. The van der Waals surface area contributed by atoms with Crippen molar-refractivity contribution in [2.45, 2.75) is 6.92 Å². The lowest BCUT2D eigenvalue weighted by Crippen LogP contribution is -2.29. The highest BCUT2D eigenvalue weighted by atomic mass is 16.2. The number of hydrogen-bond acceptors (Lipinski definition) is 3. The summed E-state index contributed by atoms with van der Waals surface area (Å²) in [5.41, 5.74) is 1.49. The maximum Gasteiger partial charge on any atom is 0.314 e. The van der Waals surface area contributed by atoms with Crippen molar-refractivity contribution < 1.29 is 14.4 Å². The van der Waals surface area contributed by atoms with Crippen LogP contribution in [0.1, 0.15) is 6.92 Å². The summed E-state index contributed by atoms with van der Waals surface area (Å²) in [6, 6.07) is 15.2. The Kier molecular flexibility index (Phi) is 4.87. The lowest BCUT2D eigenvalue weighted by Gasteiger charge is -2.08. The SMILES string of the molecule is CC(=O)Nc1cccc(NC(=O)C(=O)Nc2ccccc2)c1. The van der Waals surface area contributed by atoms with Crippen LogP contribution in [0.15, 0.2) is 54.6 Å². The summed E-state index contributed by atoms with van der Waals surface area (Å²) < 4.78 is 0. The van der Waals surface area contributed by atoms with Crippen LogP contribution in [0.25, 0.3) is 0 Å². The maximum absolute atomic E-state index is 11.8. The topological polar surface area (TPSA) is 87.3 Å². The van der Waals surface area contributed by atoms with Crippen molar-refractivity contribution in [1.29, 1.82) is 0 Å². The molecular weight excluding hydrogens is 282 g/mol. The van der Waals surface area contributed by atoms with Gasteiger partial charge in [-0.25, -0.2) is 0 Å². The lowest BCUT2D eigenvalue weighted by atomic mass is 10.2. The second kappa shape index (κ2) is 7.03. The molecule has 3 amide bonds. The maximum atomic E-state index is 11.8. The molecule has 2 rings (SSSR count). The van der Waals surface area contributed by atoms with E-state index in [0.29, 0.717) is 17.1 Å². The Bertz CT molecular complexity index is 699. The van der Waals surface area contributed by atoms with Crippen LogP contribution in [0.4, 0.5) is 17.1 Å². The van der Waals surface area contributed by atoms with Crippen LogP contribution >= 0.6 is 0 Å². The molecule has 0 saturated heterocycles. The van der Waals surface area contributed by atoms with E-state index in [4.69, 9.17) is 0 Å². The molecule has 0 aliphatic carbocycles. The van der Waals surface area contributed by atoms with E-state index in [1.807, 2.05) is 6.07 Å². The molecule has 6 nitrogen and oxygen atoms in total. The number of hydrogen-bond donors (Lipinski definition) is 3. The molecule has 0 spiro atoms. The van der Waals surface area contributed by atoms with E-state index in [2.05, 4.69) is 16.0 Å². The van der Waals surface area contributed by atoms with Gasteiger partial charge in [-0.05, 0) is 30.3 Å². The monoisotopic (exact) mass is 297 g/mol. The second-order valence-corrected chi connectivity index (χ2v) is 4.54. The lowest BCUT2D eigenvalue weighted by molar-refractivity contribution is -0.132. The quantitative estimate of drug-likeness (QED) is 0.759. The Balaban J connectivity index is 1.99. The number of para-hydroxylation sites is 1. The molecule has 6 heteroatoms. The van der Waals surface area contributed by atoms with Crippen molar-refractivity contribution in [3.8, 4) is 0 Å². The highest BCUT2D eigenvalue weighted by Gasteiger charge is 2.14. The highest BCUT2D eigenvalue weighted by Crippen LogP contribution is 2.15. The second-order valence-electron chi connectivity index (χ2n) is 4.54. The van der Waals surface area contributed by atoms with Gasteiger partial charge in [0.05, 0.1) is 0 Å². The first-order valence-electron chi connectivity index (χ1n) is 6.59. The van der Waals surface area contributed by atoms with Gasteiger partial charge in [-0.15, -0.1) is 0 Å². The largest absolute Gasteiger partial charge is 0.326 e. The van der Waals surface area contributed by atoms with Gasteiger partial charge in [-0.3, -0.25) is 14.4 Å². The summed E-state index contributed by atoms with van der Waals surface area (Å²) in [6.07, 6.45) is 0. The Hall–Kier alpha value is -3.15. The van der Waals surface area contributed by atoms with Crippen molar-refractivity contribution in [2.24, 2.45) is 0 Å². The van der Waals surface area contributed by atoms with Crippen LogP contribution in [-0.4, -0.2) is 17.7 Å². The van der Waals surface area contributed by atoms with Crippen LogP contribution in [0.2, 0.25) is 0 Å². The van der Waals surface area contributed by atoms with Gasteiger partial charge in [0, 0.05) is 24.0 Å². The molecule has 0 aliphatic rings. The first kappa shape index (κ1) is 15.2.